The molecule has 2 aromatic heterocycles. The fourth-order valence-corrected chi connectivity index (χ4v) is 4.02. The van der Waals surface area contributed by atoms with E-state index in [4.69, 9.17) is 21.3 Å². The number of imidazole rings is 1. The summed E-state index contributed by atoms with van der Waals surface area (Å²) < 4.78 is 7.98. The Labute approximate surface area is 173 Å². The van der Waals surface area contributed by atoms with Gasteiger partial charge in [-0.15, -0.1) is 0 Å². The first-order valence-electron chi connectivity index (χ1n) is 9.67. The summed E-state index contributed by atoms with van der Waals surface area (Å²) in [6, 6.07) is 17.9. The summed E-state index contributed by atoms with van der Waals surface area (Å²) in [6.45, 7) is 0.502. The van der Waals surface area contributed by atoms with E-state index in [2.05, 4.69) is 4.98 Å². The highest BCUT2D eigenvalue weighted by Gasteiger charge is 2.33. The summed E-state index contributed by atoms with van der Waals surface area (Å²) in [5, 5.41) is 10.1. The highest BCUT2D eigenvalue weighted by molar-refractivity contribution is 6.33. The Kier molecular flexibility index (Phi) is 4.70. The molecule has 1 saturated carbocycles. The van der Waals surface area contributed by atoms with E-state index in [1.165, 1.54) is 0 Å². The lowest BCUT2D eigenvalue weighted by molar-refractivity contribution is 0.0715. The minimum Gasteiger partial charge on any atom is -0.489 e. The number of halogens is 1. The monoisotopic (exact) mass is 405 g/mol. The third-order valence-electron chi connectivity index (χ3n) is 5.37. The number of rotatable bonds is 5. The van der Waals surface area contributed by atoms with Crippen LogP contribution < -0.4 is 4.74 Å². The van der Waals surface area contributed by atoms with Crippen LogP contribution in [0.2, 0.25) is 5.15 Å². The summed E-state index contributed by atoms with van der Waals surface area (Å²) in [5.41, 5.74) is 3.60. The average Bonchev–Trinajstić information content (AvgIpc) is 3.11. The van der Waals surface area contributed by atoms with Crippen molar-refractivity contribution in [2.24, 2.45) is 0 Å². The van der Waals surface area contributed by atoms with Crippen molar-refractivity contribution >= 4 is 17.1 Å². The van der Waals surface area contributed by atoms with Crippen LogP contribution in [0.4, 0.5) is 0 Å². The molecule has 146 valence electrons. The molecule has 0 aliphatic heterocycles. The molecule has 0 bridgehead atoms. The zero-order valence-electron chi connectivity index (χ0n) is 15.7. The van der Waals surface area contributed by atoms with Gasteiger partial charge in [0.15, 0.2) is 5.15 Å². The van der Waals surface area contributed by atoms with E-state index >= 15 is 0 Å². The topological polar surface area (TPSA) is 59.7 Å². The molecule has 2 heterocycles. The van der Waals surface area contributed by atoms with Crippen molar-refractivity contribution in [2.75, 3.05) is 0 Å². The maximum atomic E-state index is 9.73. The maximum absolute atomic E-state index is 9.73. The van der Waals surface area contributed by atoms with Gasteiger partial charge in [0.2, 0.25) is 0 Å². The van der Waals surface area contributed by atoms with Gasteiger partial charge in [-0.3, -0.25) is 4.40 Å². The highest BCUT2D eigenvalue weighted by Crippen LogP contribution is 2.40. The number of hydrogen-bond donors (Lipinski definition) is 1. The van der Waals surface area contributed by atoms with Crippen molar-refractivity contribution in [3.05, 3.63) is 83.5 Å². The van der Waals surface area contributed by atoms with Crippen molar-refractivity contribution in [3.63, 3.8) is 0 Å². The number of aliphatic hydroxyl groups is 1. The van der Waals surface area contributed by atoms with Crippen molar-refractivity contribution in [3.8, 4) is 17.0 Å². The second-order valence-electron chi connectivity index (χ2n) is 7.38. The third kappa shape index (κ3) is 3.48. The van der Waals surface area contributed by atoms with E-state index in [-0.39, 0.29) is 12.0 Å². The average molecular weight is 406 g/mol. The minimum absolute atomic E-state index is 0.224. The zero-order chi connectivity index (χ0) is 19.8. The normalized spacial score (nSPS) is 18.6. The van der Waals surface area contributed by atoms with Crippen molar-refractivity contribution in [1.29, 1.82) is 0 Å². The predicted octanol–water partition coefficient (Wildman–Crippen LogP) is 4.87. The van der Waals surface area contributed by atoms with Gasteiger partial charge in [0.1, 0.15) is 23.7 Å². The Bertz CT molecular complexity index is 1150. The van der Waals surface area contributed by atoms with Crippen LogP contribution in [0.5, 0.6) is 5.75 Å². The van der Waals surface area contributed by atoms with Crippen molar-refractivity contribution in [1.82, 2.24) is 14.4 Å². The second-order valence-corrected chi connectivity index (χ2v) is 7.74. The second kappa shape index (κ2) is 7.50. The van der Waals surface area contributed by atoms with Gasteiger partial charge in [0, 0.05) is 23.9 Å². The first-order valence-corrected chi connectivity index (χ1v) is 10.0. The lowest BCUT2D eigenvalue weighted by Crippen LogP contribution is -2.27. The molecule has 4 aromatic rings. The van der Waals surface area contributed by atoms with Gasteiger partial charge in [-0.05, 0) is 30.5 Å². The van der Waals surface area contributed by atoms with Crippen LogP contribution >= 0.6 is 11.6 Å². The number of fused-ring (bicyclic) bond motifs is 1. The van der Waals surface area contributed by atoms with Crippen LogP contribution in [-0.4, -0.2) is 25.6 Å². The Morgan fingerprint density at radius 2 is 1.93 bits per heavy atom. The lowest BCUT2D eigenvalue weighted by atomic mass is 9.82. The van der Waals surface area contributed by atoms with Crippen molar-refractivity contribution in [2.45, 2.75) is 31.5 Å². The molecule has 1 aliphatic rings. The van der Waals surface area contributed by atoms with Gasteiger partial charge in [0.25, 0.3) is 0 Å². The largest absolute Gasteiger partial charge is 0.489 e. The molecule has 0 atom stereocenters. The minimum atomic E-state index is -0.247. The van der Waals surface area contributed by atoms with Gasteiger partial charge in [0.05, 0.1) is 11.8 Å². The van der Waals surface area contributed by atoms with Crippen LogP contribution in [0.1, 0.15) is 30.1 Å². The fraction of sp³-hybridized carbons (Fsp3) is 0.217. The number of aliphatic hydroxyl groups excluding tert-OH is 1. The quantitative estimate of drug-likeness (QED) is 0.514. The smallest absolute Gasteiger partial charge is 0.155 e. The Morgan fingerprint density at radius 1 is 1.10 bits per heavy atom. The van der Waals surface area contributed by atoms with Crippen LogP contribution in [0, 0.1) is 0 Å². The fourth-order valence-electron chi connectivity index (χ4n) is 3.79. The highest BCUT2D eigenvalue weighted by atomic mass is 35.5. The van der Waals surface area contributed by atoms with Crippen LogP contribution in [0.25, 0.3) is 16.8 Å². The summed E-state index contributed by atoms with van der Waals surface area (Å²) in [7, 11) is 0. The SMILES string of the molecule is OC1CC(c2nc(-c3cccc(OCc4ccccc4)c3)c3c(Cl)nccn23)C1. The first kappa shape index (κ1) is 18.2. The predicted molar refractivity (Wildman–Crippen MR) is 112 cm³/mol. The molecule has 6 heteroatoms. The molecular weight excluding hydrogens is 386 g/mol. The third-order valence-corrected chi connectivity index (χ3v) is 5.65. The molecule has 2 aromatic carbocycles. The summed E-state index contributed by atoms with van der Waals surface area (Å²) in [5.74, 6) is 1.91. The summed E-state index contributed by atoms with van der Waals surface area (Å²) >= 11 is 6.45. The maximum Gasteiger partial charge on any atom is 0.155 e. The zero-order valence-corrected chi connectivity index (χ0v) is 16.5. The van der Waals surface area contributed by atoms with Gasteiger partial charge >= 0.3 is 0 Å². The molecule has 0 unspecified atom stereocenters. The molecule has 1 N–H and O–H groups in total. The molecule has 1 fully saturated rings. The molecule has 5 nitrogen and oxygen atoms in total. The van der Waals surface area contributed by atoms with E-state index in [9.17, 15) is 5.11 Å². The number of hydrogen-bond acceptors (Lipinski definition) is 4. The Morgan fingerprint density at radius 3 is 2.72 bits per heavy atom. The molecule has 1 aliphatic carbocycles. The molecule has 0 spiro atoms. The lowest BCUT2D eigenvalue weighted by Gasteiger charge is -2.30. The molecule has 0 amide bonds. The van der Waals surface area contributed by atoms with E-state index in [1.807, 2.05) is 65.2 Å². The molecule has 5 rings (SSSR count). The molecular formula is C23H20ClN3O2. The van der Waals surface area contributed by atoms with E-state index in [0.717, 1.165) is 46.8 Å². The molecule has 0 saturated heterocycles. The molecule has 0 radical (unpaired) electrons. The van der Waals surface area contributed by atoms with E-state index in [0.29, 0.717) is 11.8 Å². The van der Waals surface area contributed by atoms with Gasteiger partial charge in [-0.1, -0.05) is 54.1 Å². The molecule has 29 heavy (non-hydrogen) atoms. The number of aromatic nitrogens is 3. The van der Waals surface area contributed by atoms with Gasteiger partial charge < -0.3 is 9.84 Å². The van der Waals surface area contributed by atoms with Gasteiger partial charge in [-0.2, -0.15) is 0 Å². The van der Waals surface area contributed by atoms with Crippen LogP contribution in [-0.2, 0) is 6.61 Å². The Balaban J connectivity index is 1.50. The van der Waals surface area contributed by atoms with Crippen LogP contribution in [0.15, 0.2) is 67.0 Å². The van der Waals surface area contributed by atoms with E-state index < -0.39 is 0 Å². The van der Waals surface area contributed by atoms with Crippen molar-refractivity contribution < 1.29 is 9.84 Å². The van der Waals surface area contributed by atoms with E-state index in [1.54, 1.807) is 6.20 Å². The first-order chi connectivity index (χ1) is 14.2. The Hall–Kier alpha value is -2.89. The standard InChI is InChI=1S/C23H20ClN3O2/c24-22-21-20(26-23(17-11-18(28)12-17)27(21)10-9-25-22)16-7-4-8-19(13-16)29-14-15-5-2-1-3-6-15/h1-10,13,17-18,28H,11-12,14H2. The number of ether oxygens (including phenoxy) is 1. The van der Waals surface area contributed by atoms with Crippen LogP contribution in [0.3, 0.4) is 0 Å². The number of benzene rings is 2. The van der Waals surface area contributed by atoms with Gasteiger partial charge in [-0.25, -0.2) is 9.97 Å². The summed E-state index contributed by atoms with van der Waals surface area (Å²) in [4.78, 5) is 9.16. The summed E-state index contributed by atoms with van der Waals surface area (Å²) in [6.07, 6.45) is 4.76. The number of nitrogens with zero attached hydrogens (tertiary/aromatic N) is 3.